The Morgan fingerprint density at radius 1 is 1.08 bits per heavy atom. The first-order valence-electron chi connectivity index (χ1n) is 6.94. The van der Waals surface area contributed by atoms with Crippen LogP contribution in [0, 0.1) is 0 Å². The molecule has 24 heavy (non-hydrogen) atoms. The summed E-state index contributed by atoms with van der Waals surface area (Å²) < 4.78 is 11.3. The van der Waals surface area contributed by atoms with Crippen molar-refractivity contribution in [1.82, 2.24) is 0 Å². The van der Waals surface area contributed by atoms with Crippen LogP contribution in [0.4, 0.5) is 5.69 Å². The van der Waals surface area contributed by atoms with Gasteiger partial charge in [0.2, 0.25) is 0 Å². The molecule has 2 aromatic carbocycles. The Morgan fingerprint density at radius 3 is 2.58 bits per heavy atom. The van der Waals surface area contributed by atoms with Gasteiger partial charge in [0.25, 0.3) is 5.91 Å². The SMILES string of the molecule is COc1ccc(OC)c(NC(=O)c2sc3cc(Cl)ccc3c2Cl)c1. The standard InChI is InChI=1S/C17H13Cl2NO3S/c1-22-10-4-6-13(23-2)12(8-10)20-17(21)16-15(19)11-5-3-9(18)7-14(11)24-16/h3-8H,1-2H3,(H,20,21). The van der Waals surface area contributed by atoms with Gasteiger partial charge in [0.05, 0.1) is 24.9 Å². The lowest BCUT2D eigenvalue weighted by molar-refractivity contribution is 0.103. The van der Waals surface area contributed by atoms with E-state index in [1.54, 1.807) is 43.5 Å². The van der Waals surface area contributed by atoms with E-state index in [4.69, 9.17) is 32.7 Å². The average molecular weight is 382 g/mol. The molecular weight excluding hydrogens is 369 g/mol. The molecule has 0 aliphatic rings. The minimum atomic E-state index is -0.316. The molecule has 4 nitrogen and oxygen atoms in total. The molecule has 0 saturated heterocycles. The first-order valence-corrected chi connectivity index (χ1v) is 8.51. The molecule has 0 aliphatic heterocycles. The quantitative estimate of drug-likeness (QED) is 0.650. The van der Waals surface area contributed by atoms with Gasteiger partial charge in [-0.25, -0.2) is 0 Å². The molecule has 1 heterocycles. The topological polar surface area (TPSA) is 47.6 Å². The van der Waals surface area contributed by atoms with E-state index in [2.05, 4.69) is 5.32 Å². The second-order valence-electron chi connectivity index (χ2n) is 4.91. The molecule has 0 atom stereocenters. The van der Waals surface area contributed by atoms with E-state index in [1.807, 2.05) is 0 Å². The number of fused-ring (bicyclic) bond motifs is 1. The molecule has 0 radical (unpaired) electrons. The van der Waals surface area contributed by atoms with Gasteiger partial charge in [-0.3, -0.25) is 4.79 Å². The Bertz CT molecular complexity index is 924. The number of ether oxygens (including phenoxy) is 2. The van der Waals surface area contributed by atoms with Gasteiger partial charge in [-0.05, 0) is 24.3 Å². The smallest absolute Gasteiger partial charge is 0.267 e. The van der Waals surface area contributed by atoms with Gasteiger partial charge in [-0.15, -0.1) is 11.3 Å². The molecular formula is C17H13Cl2NO3S. The second kappa shape index (κ2) is 6.89. The van der Waals surface area contributed by atoms with Crippen molar-refractivity contribution >= 4 is 56.2 Å². The fourth-order valence-electron chi connectivity index (χ4n) is 2.28. The lowest BCUT2D eigenvalue weighted by Crippen LogP contribution is -2.11. The van der Waals surface area contributed by atoms with Gasteiger partial charge in [-0.1, -0.05) is 29.3 Å². The van der Waals surface area contributed by atoms with Crippen molar-refractivity contribution in [3.8, 4) is 11.5 Å². The third-order valence-corrected chi connectivity index (χ3v) is 5.34. The second-order valence-corrected chi connectivity index (χ2v) is 6.77. The van der Waals surface area contributed by atoms with Crippen LogP contribution < -0.4 is 14.8 Å². The number of anilines is 1. The molecule has 3 aromatic rings. The van der Waals surface area contributed by atoms with E-state index in [0.717, 1.165) is 10.1 Å². The van der Waals surface area contributed by atoms with Crippen molar-refractivity contribution in [3.63, 3.8) is 0 Å². The molecule has 0 fully saturated rings. The molecule has 0 unspecified atom stereocenters. The molecule has 1 amide bonds. The predicted molar refractivity (Wildman–Crippen MR) is 99.3 cm³/mol. The minimum absolute atomic E-state index is 0.316. The lowest BCUT2D eigenvalue weighted by atomic mass is 10.2. The number of thiophene rings is 1. The van der Waals surface area contributed by atoms with Crippen LogP contribution in [-0.4, -0.2) is 20.1 Å². The molecule has 124 valence electrons. The number of carbonyl (C=O) groups is 1. The lowest BCUT2D eigenvalue weighted by Gasteiger charge is -2.11. The fraction of sp³-hybridized carbons (Fsp3) is 0.118. The number of halogens is 2. The van der Waals surface area contributed by atoms with Gasteiger partial charge in [0, 0.05) is 21.2 Å². The summed E-state index contributed by atoms with van der Waals surface area (Å²) in [4.78, 5) is 13.1. The fourth-order valence-corrected chi connectivity index (χ4v) is 3.96. The highest BCUT2D eigenvalue weighted by Gasteiger charge is 2.19. The number of benzene rings is 2. The summed E-state index contributed by atoms with van der Waals surface area (Å²) in [5.74, 6) is 0.827. The number of hydrogen-bond donors (Lipinski definition) is 1. The summed E-state index contributed by atoms with van der Waals surface area (Å²) in [5, 5.41) is 4.63. The zero-order valence-corrected chi connectivity index (χ0v) is 15.2. The van der Waals surface area contributed by atoms with Crippen LogP contribution in [0.25, 0.3) is 10.1 Å². The van der Waals surface area contributed by atoms with E-state index >= 15 is 0 Å². The minimum Gasteiger partial charge on any atom is -0.497 e. The van der Waals surface area contributed by atoms with Gasteiger partial charge in [-0.2, -0.15) is 0 Å². The molecule has 3 rings (SSSR count). The summed E-state index contributed by atoms with van der Waals surface area (Å²) in [6, 6.07) is 10.5. The van der Waals surface area contributed by atoms with Gasteiger partial charge in [0.15, 0.2) is 0 Å². The van der Waals surface area contributed by atoms with Crippen molar-refractivity contribution < 1.29 is 14.3 Å². The highest BCUT2D eigenvalue weighted by Crippen LogP contribution is 2.38. The predicted octanol–water partition coefficient (Wildman–Crippen LogP) is 5.48. The maximum Gasteiger partial charge on any atom is 0.267 e. The van der Waals surface area contributed by atoms with Crippen molar-refractivity contribution in [3.05, 3.63) is 51.3 Å². The first-order chi connectivity index (χ1) is 11.5. The van der Waals surface area contributed by atoms with Crippen molar-refractivity contribution in [2.75, 3.05) is 19.5 Å². The molecule has 1 aromatic heterocycles. The number of nitrogens with one attached hydrogen (secondary N) is 1. The number of hydrogen-bond acceptors (Lipinski definition) is 4. The molecule has 0 aliphatic carbocycles. The summed E-state index contributed by atoms with van der Waals surface area (Å²) in [5.41, 5.74) is 0.508. The summed E-state index contributed by atoms with van der Waals surface area (Å²) >= 11 is 13.6. The largest absolute Gasteiger partial charge is 0.497 e. The van der Waals surface area contributed by atoms with Crippen molar-refractivity contribution in [2.24, 2.45) is 0 Å². The number of amides is 1. The van der Waals surface area contributed by atoms with Crippen LogP contribution in [0.1, 0.15) is 9.67 Å². The van der Waals surface area contributed by atoms with E-state index in [0.29, 0.717) is 32.1 Å². The Labute approximate surface area is 152 Å². The highest BCUT2D eigenvalue weighted by molar-refractivity contribution is 7.21. The molecule has 0 saturated carbocycles. The maximum atomic E-state index is 12.6. The molecule has 1 N–H and O–H groups in total. The monoisotopic (exact) mass is 381 g/mol. The number of carbonyl (C=O) groups excluding carboxylic acids is 1. The van der Waals surface area contributed by atoms with Crippen LogP contribution in [0.2, 0.25) is 10.0 Å². The van der Waals surface area contributed by atoms with Crippen molar-refractivity contribution in [2.45, 2.75) is 0 Å². The molecule has 0 spiro atoms. The Kier molecular flexibility index (Phi) is 4.85. The van der Waals surface area contributed by atoms with Gasteiger partial charge >= 0.3 is 0 Å². The number of methoxy groups -OCH3 is 2. The zero-order valence-electron chi connectivity index (χ0n) is 12.9. The third-order valence-electron chi connectivity index (χ3n) is 3.45. The summed E-state index contributed by atoms with van der Waals surface area (Å²) in [7, 11) is 3.09. The van der Waals surface area contributed by atoms with E-state index < -0.39 is 0 Å². The van der Waals surface area contributed by atoms with Crippen LogP contribution in [-0.2, 0) is 0 Å². The Hall–Kier alpha value is -1.95. The van der Waals surface area contributed by atoms with E-state index in [1.165, 1.54) is 18.4 Å². The average Bonchev–Trinajstić information content (AvgIpc) is 2.90. The van der Waals surface area contributed by atoms with Crippen LogP contribution in [0.15, 0.2) is 36.4 Å². The molecule has 7 heteroatoms. The summed E-state index contributed by atoms with van der Waals surface area (Å²) in [6.07, 6.45) is 0. The van der Waals surface area contributed by atoms with E-state index in [9.17, 15) is 4.79 Å². The van der Waals surface area contributed by atoms with E-state index in [-0.39, 0.29) is 5.91 Å². The maximum absolute atomic E-state index is 12.6. The van der Waals surface area contributed by atoms with Crippen LogP contribution in [0.3, 0.4) is 0 Å². The van der Waals surface area contributed by atoms with Gasteiger partial charge in [0.1, 0.15) is 16.4 Å². The Balaban J connectivity index is 1.97. The molecule has 0 bridgehead atoms. The van der Waals surface area contributed by atoms with Crippen molar-refractivity contribution in [1.29, 1.82) is 0 Å². The number of rotatable bonds is 4. The normalized spacial score (nSPS) is 10.7. The summed E-state index contributed by atoms with van der Waals surface area (Å²) in [6.45, 7) is 0. The first kappa shape index (κ1) is 16.9. The van der Waals surface area contributed by atoms with Gasteiger partial charge < -0.3 is 14.8 Å². The third kappa shape index (κ3) is 3.15. The highest BCUT2D eigenvalue weighted by atomic mass is 35.5. The zero-order chi connectivity index (χ0) is 17.3. The van der Waals surface area contributed by atoms with Crippen LogP contribution >= 0.6 is 34.5 Å². The Morgan fingerprint density at radius 2 is 1.88 bits per heavy atom. The van der Waals surface area contributed by atoms with Crippen LogP contribution in [0.5, 0.6) is 11.5 Å².